The quantitative estimate of drug-likeness (QED) is 0.669. The van der Waals surface area contributed by atoms with E-state index in [1.54, 1.807) is 24.3 Å². The summed E-state index contributed by atoms with van der Waals surface area (Å²) in [6.07, 6.45) is 7.05. The Morgan fingerprint density at radius 3 is 2.52 bits per heavy atom. The molecule has 0 radical (unpaired) electrons. The number of ether oxygens (including phenoxy) is 1. The van der Waals surface area contributed by atoms with Crippen LogP contribution in [0.2, 0.25) is 0 Å². The van der Waals surface area contributed by atoms with Gasteiger partial charge in [0.05, 0.1) is 11.1 Å². The van der Waals surface area contributed by atoms with Crippen molar-refractivity contribution in [3.05, 3.63) is 48.0 Å². The van der Waals surface area contributed by atoms with Crippen LogP contribution in [-0.4, -0.2) is 24.5 Å². The average molecular weight is 287 g/mol. The normalized spacial score (nSPS) is 15.2. The Labute approximate surface area is 125 Å². The van der Waals surface area contributed by atoms with Crippen molar-refractivity contribution < 1.29 is 14.3 Å². The van der Waals surface area contributed by atoms with E-state index in [1.807, 2.05) is 0 Å². The minimum absolute atomic E-state index is 0.136. The first kappa shape index (κ1) is 15.3. The minimum Gasteiger partial charge on any atom is -0.458 e. The van der Waals surface area contributed by atoms with Crippen molar-refractivity contribution in [2.75, 3.05) is 6.61 Å². The Balaban J connectivity index is 2.09. The average Bonchev–Trinajstić information content (AvgIpc) is 2.53. The van der Waals surface area contributed by atoms with E-state index in [-0.39, 0.29) is 18.6 Å². The Kier molecular flexibility index (Phi) is 5.55. The molecule has 0 saturated heterocycles. The second-order valence-corrected chi connectivity index (χ2v) is 5.24. The summed E-state index contributed by atoms with van der Waals surface area (Å²) < 4.78 is 5.02. The van der Waals surface area contributed by atoms with Gasteiger partial charge in [0.25, 0.3) is 5.91 Å². The van der Waals surface area contributed by atoms with E-state index >= 15 is 0 Å². The molecule has 1 aliphatic rings. The van der Waals surface area contributed by atoms with Crippen molar-refractivity contribution in [3.8, 4) is 0 Å². The molecular weight excluding hydrogens is 266 g/mol. The monoisotopic (exact) mass is 287 g/mol. The highest BCUT2D eigenvalue weighted by Crippen LogP contribution is 2.18. The molecule has 1 aromatic carbocycles. The molecule has 0 spiro atoms. The highest BCUT2D eigenvalue weighted by Gasteiger charge is 2.21. The SMILES string of the molecule is C=CCOC(=O)c1ccccc1C(=O)NC1CCCCC1. The van der Waals surface area contributed by atoms with Gasteiger partial charge in [-0.1, -0.05) is 44.1 Å². The Bertz CT molecular complexity index is 519. The first-order valence-corrected chi connectivity index (χ1v) is 7.40. The summed E-state index contributed by atoms with van der Waals surface area (Å²) in [6.45, 7) is 3.64. The molecule has 112 valence electrons. The van der Waals surface area contributed by atoms with Gasteiger partial charge in [-0.15, -0.1) is 0 Å². The van der Waals surface area contributed by atoms with Crippen molar-refractivity contribution in [1.82, 2.24) is 5.32 Å². The number of benzene rings is 1. The zero-order valence-corrected chi connectivity index (χ0v) is 12.1. The van der Waals surface area contributed by atoms with E-state index in [0.29, 0.717) is 11.1 Å². The molecule has 21 heavy (non-hydrogen) atoms. The lowest BCUT2D eigenvalue weighted by atomic mass is 9.95. The fourth-order valence-corrected chi connectivity index (χ4v) is 2.58. The number of carbonyl (C=O) groups is 2. The van der Waals surface area contributed by atoms with Crippen LogP contribution in [0.15, 0.2) is 36.9 Å². The van der Waals surface area contributed by atoms with Crippen LogP contribution in [0.5, 0.6) is 0 Å². The van der Waals surface area contributed by atoms with Crippen LogP contribution in [0.4, 0.5) is 0 Å². The predicted octanol–water partition coefficient (Wildman–Crippen LogP) is 3.09. The zero-order valence-electron chi connectivity index (χ0n) is 12.1. The molecule has 1 aliphatic carbocycles. The lowest BCUT2D eigenvalue weighted by Crippen LogP contribution is -2.36. The van der Waals surface area contributed by atoms with Crippen LogP contribution in [0.3, 0.4) is 0 Å². The number of hydrogen-bond donors (Lipinski definition) is 1. The van der Waals surface area contributed by atoms with Crippen molar-refractivity contribution in [1.29, 1.82) is 0 Å². The molecular formula is C17H21NO3. The second kappa shape index (κ2) is 7.62. The van der Waals surface area contributed by atoms with E-state index in [4.69, 9.17) is 4.74 Å². The maximum atomic E-state index is 12.4. The second-order valence-electron chi connectivity index (χ2n) is 5.24. The number of carbonyl (C=O) groups excluding carboxylic acids is 2. The summed E-state index contributed by atoms with van der Waals surface area (Å²) in [7, 11) is 0. The van der Waals surface area contributed by atoms with Crippen molar-refractivity contribution >= 4 is 11.9 Å². The predicted molar refractivity (Wildman–Crippen MR) is 81.3 cm³/mol. The van der Waals surface area contributed by atoms with Crippen molar-refractivity contribution in [3.63, 3.8) is 0 Å². The molecule has 0 atom stereocenters. The van der Waals surface area contributed by atoms with Crippen LogP contribution >= 0.6 is 0 Å². The smallest absolute Gasteiger partial charge is 0.339 e. The number of esters is 1. The van der Waals surface area contributed by atoms with Gasteiger partial charge in [0.1, 0.15) is 6.61 Å². The van der Waals surface area contributed by atoms with Gasteiger partial charge in [0.15, 0.2) is 0 Å². The van der Waals surface area contributed by atoms with Gasteiger partial charge < -0.3 is 10.1 Å². The molecule has 4 heteroatoms. The van der Waals surface area contributed by atoms with E-state index in [1.165, 1.54) is 12.5 Å². The highest BCUT2D eigenvalue weighted by molar-refractivity contribution is 6.05. The van der Waals surface area contributed by atoms with Crippen LogP contribution in [0.1, 0.15) is 52.8 Å². The first-order chi connectivity index (χ1) is 10.2. The third-order valence-corrected chi connectivity index (χ3v) is 3.66. The number of rotatable bonds is 5. The Morgan fingerprint density at radius 2 is 1.86 bits per heavy atom. The van der Waals surface area contributed by atoms with E-state index in [2.05, 4.69) is 11.9 Å². The topological polar surface area (TPSA) is 55.4 Å². The number of amides is 1. The fourth-order valence-electron chi connectivity index (χ4n) is 2.58. The standard InChI is InChI=1S/C17H21NO3/c1-2-12-21-17(20)15-11-7-6-10-14(15)16(19)18-13-8-4-3-5-9-13/h2,6-7,10-11,13H,1,3-5,8-9,12H2,(H,18,19). The molecule has 0 heterocycles. The zero-order chi connectivity index (χ0) is 15.1. The molecule has 4 nitrogen and oxygen atoms in total. The molecule has 0 aliphatic heterocycles. The van der Waals surface area contributed by atoms with E-state index < -0.39 is 5.97 Å². The highest BCUT2D eigenvalue weighted by atomic mass is 16.5. The summed E-state index contributed by atoms with van der Waals surface area (Å²) >= 11 is 0. The van der Waals surface area contributed by atoms with Crippen LogP contribution in [0.25, 0.3) is 0 Å². The third-order valence-electron chi connectivity index (χ3n) is 3.66. The van der Waals surface area contributed by atoms with E-state index in [0.717, 1.165) is 25.7 Å². The van der Waals surface area contributed by atoms with Gasteiger partial charge in [-0.3, -0.25) is 4.79 Å². The molecule has 1 saturated carbocycles. The van der Waals surface area contributed by atoms with Crippen LogP contribution in [0, 0.1) is 0 Å². The van der Waals surface area contributed by atoms with Gasteiger partial charge >= 0.3 is 5.97 Å². The largest absolute Gasteiger partial charge is 0.458 e. The summed E-state index contributed by atoms with van der Waals surface area (Å²) in [5.74, 6) is -0.697. The molecule has 1 fully saturated rings. The van der Waals surface area contributed by atoms with Crippen molar-refractivity contribution in [2.24, 2.45) is 0 Å². The van der Waals surface area contributed by atoms with E-state index in [9.17, 15) is 9.59 Å². The minimum atomic E-state index is -0.496. The maximum Gasteiger partial charge on any atom is 0.339 e. The first-order valence-electron chi connectivity index (χ1n) is 7.40. The van der Waals surface area contributed by atoms with Gasteiger partial charge in [0.2, 0.25) is 0 Å². The van der Waals surface area contributed by atoms with Crippen molar-refractivity contribution in [2.45, 2.75) is 38.1 Å². The Morgan fingerprint density at radius 1 is 1.19 bits per heavy atom. The molecule has 2 rings (SSSR count). The maximum absolute atomic E-state index is 12.4. The molecule has 0 unspecified atom stereocenters. The summed E-state index contributed by atoms with van der Waals surface area (Å²) in [5, 5.41) is 3.02. The van der Waals surface area contributed by atoms with Gasteiger partial charge in [-0.25, -0.2) is 4.79 Å². The molecule has 1 N–H and O–H groups in total. The van der Waals surface area contributed by atoms with Gasteiger partial charge in [-0.2, -0.15) is 0 Å². The Hall–Kier alpha value is -2.10. The lowest BCUT2D eigenvalue weighted by Gasteiger charge is -2.23. The number of hydrogen-bond acceptors (Lipinski definition) is 3. The molecule has 0 aromatic heterocycles. The fraction of sp³-hybridized carbons (Fsp3) is 0.412. The lowest BCUT2D eigenvalue weighted by molar-refractivity contribution is 0.0545. The summed E-state index contributed by atoms with van der Waals surface area (Å²) in [4.78, 5) is 24.3. The van der Waals surface area contributed by atoms with Crippen LogP contribution < -0.4 is 5.32 Å². The van der Waals surface area contributed by atoms with Gasteiger partial charge in [-0.05, 0) is 25.0 Å². The van der Waals surface area contributed by atoms with Crippen LogP contribution in [-0.2, 0) is 4.74 Å². The third kappa shape index (κ3) is 4.18. The van der Waals surface area contributed by atoms with Gasteiger partial charge in [0, 0.05) is 6.04 Å². The summed E-state index contributed by atoms with van der Waals surface area (Å²) in [5.41, 5.74) is 0.671. The molecule has 1 aromatic rings. The summed E-state index contributed by atoms with van der Waals surface area (Å²) in [6, 6.07) is 6.95. The number of nitrogens with one attached hydrogen (secondary N) is 1. The molecule has 0 bridgehead atoms. The molecule has 1 amide bonds.